The molecule has 0 aliphatic heterocycles. The van der Waals surface area contributed by atoms with E-state index in [4.69, 9.17) is 9.52 Å². The summed E-state index contributed by atoms with van der Waals surface area (Å²) >= 11 is 1.78. The number of nitrogens with one attached hydrogen (secondary N) is 2. The van der Waals surface area contributed by atoms with E-state index < -0.39 is 0 Å². The molecule has 2 rings (SSSR count). The van der Waals surface area contributed by atoms with Crippen molar-refractivity contribution in [2.75, 3.05) is 19.6 Å². The van der Waals surface area contributed by atoms with Crippen LogP contribution in [0.1, 0.15) is 63.5 Å². The summed E-state index contributed by atoms with van der Waals surface area (Å²) < 4.78 is 5.28. The fourth-order valence-corrected chi connectivity index (χ4v) is 3.25. The Kier molecular flexibility index (Phi) is 7.63. The summed E-state index contributed by atoms with van der Waals surface area (Å²) in [5.74, 6) is 2.63. The van der Waals surface area contributed by atoms with Gasteiger partial charge in [-0.25, -0.2) is 0 Å². The Hall–Kier alpha value is -1.89. The average Bonchev–Trinajstić information content (AvgIpc) is 3.28. The van der Waals surface area contributed by atoms with Gasteiger partial charge >= 0.3 is 0 Å². The summed E-state index contributed by atoms with van der Waals surface area (Å²) in [6, 6.07) is 4.27. The number of hydrogen-bond donors (Lipinski definition) is 2. The van der Waals surface area contributed by atoms with E-state index in [9.17, 15) is 0 Å². The predicted molar refractivity (Wildman–Crippen MR) is 108 cm³/mol. The minimum absolute atomic E-state index is 0.0352. The zero-order valence-corrected chi connectivity index (χ0v) is 17.3. The number of rotatable bonds is 9. The monoisotopic (exact) mass is 377 g/mol. The van der Waals surface area contributed by atoms with E-state index in [1.54, 1.807) is 11.3 Å². The molecule has 2 aromatic heterocycles. The second-order valence-corrected chi connectivity index (χ2v) is 8.24. The Morgan fingerprint density at radius 3 is 2.77 bits per heavy atom. The van der Waals surface area contributed by atoms with Gasteiger partial charge in [0.2, 0.25) is 5.89 Å². The average molecular weight is 378 g/mol. The first-order chi connectivity index (χ1) is 12.4. The van der Waals surface area contributed by atoms with Gasteiger partial charge in [-0.3, -0.25) is 4.99 Å². The molecule has 26 heavy (non-hydrogen) atoms. The van der Waals surface area contributed by atoms with Crippen molar-refractivity contribution in [2.45, 2.75) is 58.8 Å². The molecule has 0 saturated heterocycles. The van der Waals surface area contributed by atoms with E-state index in [1.165, 1.54) is 4.88 Å². The molecule has 0 fully saturated rings. The first-order valence-corrected chi connectivity index (χ1v) is 10.2. The van der Waals surface area contributed by atoms with Crippen molar-refractivity contribution >= 4 is 17.3 Å². The number of aliphatic imine (C=N–C) groups is 1. The second-order valence-electron chi connectivity index (χ2n) is 7.29. The van der Waals surface area contributed by atoms with Gasteiger partial charge in [0.1, 0.15) is 0 Å². The first kappa shape index (κ1) is 20.4. The fraction of sp³-hybridized carbons (Fsp3) is 0.632. The molecule has 0 spiro atoms. The molecule has 2 N–H and O–H groups in total. The summed E-state index contributed by atoms with van der Waals surface area (Å²) in [7, 11) is 0. The van der Waals surface area contributed by atoms with Crippen LogP contribution >= 0.6 is 11.3 Å². The van der Waals surface area contributed by atoms with E-state index in [-0.39, 0.29) is 5.41 Å². The van der Waals surface area contributed by atoms with Gasteiger partial charge in [0.25, 0.3) is 0 Å². The summed E-state index contributed by atoms with van der Waals surface area (Å²) in [5, 5.41) is 12.8. The molecule has 2 aromatic rings. The first-order valence-electron chi connectivity index (χ1n) is 9.31. The molecule has 0 aliphatic carbocycles. The standard InChI is InChI=1S/C19H31N5OS/c1-6-20-18(22-13-19(4,5)15-9-8-12-26-15)21-11-7-10-16-23-17(14(2)3)24-25-16/h8-9,12,14H,6-7,10-11,13H2,1-5H3,(H2,20,21,22). The minimum Gasteiger partial charge on any atom is -0.357 e. The molecule has 0 aliphatic rings. The van der Waals surface area contributed by atoms with Crippen molar-refractivity contribution in [1.82, 2.24) is 20.8 Å². The molecule has 0 radical (unpaired) electrons. The van der Waals surface area contributed by atoms with Crippen LogP contribution in [0.5, 0.6) is 0 Å². The highest BCUT2D eigenvalue weighted by atomic mass is 32.1. The lowest BCUT2D eigenvalue weighted by Gasteiger charge is -2.21. The number of nitrogens with zero attached hydrogens (tertiary/aromatic N) is 3. The zero-order valence-electron chi connectivity index (χ0n) is 16.5. The van der Waals surface area contributed by atoms with Gasteiger partial charge < -0.3 is 15.2 Å². The maximum absolute atomic E-state index is 5.28. The topological polar surface area (TPSA) is 75.3 Å². The summed E-state index contributed by atoms with van der Waals surface area (Å²) in [4.78, 5) is 10.5. The third kappa shape index (κ3) is 6.12. The quantitative estimate of drug-likeness (QED) is 0.396. The minimum atomic E-state index is 0.0352. The third-order valence-corrected chi connectivity index (χ3v) is 5.26. The van der Waals surface area contributed by atoms with Crippen molar-refractivity contribution < 1.29 is 4.52 Å². The molecular weight excluding hydrogens is 346 g/mol. The van der Waals surface area contributed by atoms with Gasteiger partial charge in [-0.15, -0.1) is 11.3 Å². The second kappa shape index (κ2) is 9.71. The van der Waals surface area contributed by atoms with Gasteiger partial charge in [-0.2, -0.15) is 4.98 Å². The van der Waals surface area contributed by atoms with Gasteiger partial charge in [0.15, 0.2) is 11.8 Å². The van der Waals surface area contributed by atoms with Crippen molar-refractivity contribution in [2.24, 2.45) is 4.99 Å². The van der Waals surface area contributed by atoms with Crippen LogP contribution in [0.2, 0.25) is 0 Å². The number of thiophene rings is 1. The van der Waals surface area contributed by atoms with Crippen LogP contribution in [0.25, 0.3) is 0 Å². The smallest absolute Gasteiger partial charge is 0.226 e. The third-order valence-electron chi connectivity index (χ3n) is 4.02. The summed E-state index contributed by atoms with van der Waals surface area (Å²) in [5.41, 5.74) is 0.0352. The van der Waals surface area contributed by atoms with E-state index >= 15 is 0 Å². The number of hydrogen-bond acceptors (Lipinski definition) is 5. The highest BCUT2D eigenvalue weighted by Gasteiger charge is 2.21. The van der Waals surface area contributed by atoms with Gasteiger partial charge in [0, 0.05) is 35.7 Å². The molecule has 6 nitrogen and oxygen atoms in total. The van der Waals surface area contributed by atoms with Crippen LogP contribution in [-0.2, 0) is 11.8 Å². The highest BCUT2D eigenvalue weighted by molar-refractivity contribution is 7.10. The van der Waals surface area contributed by atoms with E-state index in [0.717, 1.165) is 44.3 Å². The number of aryl methyl sites for hydroxylation is 1. The lowest BCUT2D eigenvalue weighted by Crippen LogP contribution is -2.39. The van der Waals surface area contributed by atoms with Crippen LogP contribution in [0.15, 0.2) is 27.0 Å². The maximum Gasteiger partial charge on any atom is 0.226 e. The molecule has 0 atom stereocenters. The van der Waals surface area contributed by atoms with E-state index in [1.807, 2.05) is 0 Å². The highest BCUT2D eigenvalue weighted by Crippen LogP contribution is 2.27. The fourth-order valence-electron chi connectivity index (χ4n) is 2.41. The lowest BCUT2D eigenvalue weighted by molar-refractivity contribution is 0.368. The molecule has 7 heteroatoms. The molecule has 0 saturated carbocycles. The Labute approximate surface area is 160 Å². The Morgan fingerprint density at radius 1 is 1.35 bits per heavy atom. The molecule has 0 aromatic carbocycles. The zero-order chi connectivity index (χ0) is 19.0. The largest absolute Gasteiger partial charge is 0.357 e. The lowest BCUT2D eigenvalue weighted by atomic mass is 9.92. The SMILES string of the molecule is CCNC(=NCC(C)(C)c1cccs1)NCCCc1nc(C(C)C)no1. The maximum atomic E-state index is 5.28. The van der Waals surface area contributed by atoms with Crippen LogP contribution in [-0.4, -0.2) is 35.7 Å². The molecule has 0 bridgehead atoms. The normalized spacial score (nSPS) is 12.6. The predicted octanol–water partition coefficient (Wildman–Crippen LogP) is 3.72. The van der Waals surface area contributed by atoms with E-state index in [2.05, 4.69) is 72.9 Å². The number of aromatic nitrogens is 2. The van der Waals surface area contributed by atoms with E-state index in [0.29, 0.717) is 11.8 Å². The van der Waals surface area contributed by atoms with Crippen LogP contribution in [0.4, 0.5) is 0 Å². The Balaban J connectivity index is 1.81. The Morgan fingerprint density at radius 2 is 2.15 bits per heavy atom. The van der Waals surface area contributed by atoms with Gasteiger partial charge in [-0.1, -0.05) is 38.9 Å². The molecule has 2 heterocycles. The summed E-state index contributed by atoms with van der Waals surface area (Å²) in [6.45, 7) is 13.1. The summed E-state index contributed by atoms with van der Waals surface area (Å²) in [6.07, 6.45) is 1.69. The van der Waals surface area contributed by atoms with Gasteiger partial charge in [-0.05, 0) is 24.8 Å². The molecule has 144 valence electrons. The molecule has 0 amide bonds. The Bertz CT molecular complexity index is 676. The van der Waals surface area contributed by atoms with Crippen molar-refractivity contribution in [3.8, 4) is 0 Å². The number of guanidine groups is 1. The molecule has 0 unspecified atom stereocenters. The molecular formula is C19H31N5OS. The van der Waals surface area contributed by atoms with Crippen molar-refractivity contribution in [3.05, 3.63) is 34.1 Å². The van der Waals surface area contributed by atoms with Crippen LogP contribution < -0.4 is 10.6 Å². The van der Waals surface area contributed by atoms with Gasteiger partial charge in [0.05, 0.1) is 6.54 Å². The van der Waals surface area contributed by atoms with Crippen LogP contribution in [0.3, 0.4) is 0 Å². The van der Waals surface area contributed by atoms with Crippen molar-refractivity contribution in [3.63, 3.8) is 0 Å². The van der Waals surface area contributed by atoms with Crippen LogP contribution in [0, 0.1) is 0 Å². The van der Waals surface area contributed by atoms with Crippen molar-refractivity contribution in [1.29, 1.82) is 0 Å².